The molecule has 0 saturated carbocycles. The molecule has 0 spiro atoms. The average molecular weight is 565 g/mol. The Labute approximate surface area is 240 Å². The number of carbonyl (C=O) groups is 2. The monoisotopic (exact) mass is 564 g/mol. The van der Waals surface area contributed by atoms with Crippen molar-refractivity contribution in [1.29, 1.82) is 0 Å². The molecule has 12 nitrogen and oxygen atoms in total. The highest BCUT2D eigenvalue weighted by Crippen LogP contribution is 2.33. The van der Waals surface area contributed by atoms with Crippen LogP contribution in [0.4, 0.5) is 22.0 Å². The van der Waals surface area contributed by atoms with Gasteiger partial charge >= 0.3 is 6.09 Å². The SMILES string of the molecule is Cc1ccc2c(cnn2[C@@H]2CCCCO2)c1NC(=O)c1ncnc(N2C[C@H](C)N(C(=O)OC(C)(C)C)C[C@@H]2C)c1N. The summed E-state index contributed by atoms with van der Waals surface area (Å²) in [6.07, 6.45) is 5.68. The van der Waals surface area contributed by atoms with E-state index in [-0.39, 0.29) is 35.8 Å². The summed E-state index contributed by atoms with van der Waals surface area (Å²) in [5, 5.41) is 8.44. The number of benzene rings is 1. The zero-order valence-corrected chi connectivity index (χ0v) is 24.7. The predicted molar refractivity (Wildman–Crippen MR) is 157 cm³/mol. The molecule has 0 aliphatic carbocycles. The van der Waals surface area contributed by atoms with Crippen LogP contribution in [0.3, 0.4) is 0 Å². The lowest BCUT2D eigenvalue weighted by atomic mass is 10.1. The number of rotatable bonds is 4. The van der Waals surface area contributed by atoms with Crippen molar-refractivity contribution in [1.82, 2.24) is 24.6 Å². The van der Waals surface area contributed by atoms with E-state index in [1.165, 1.54) is 6.33 Å². The second-order valence-corrected chi connectivity index (χ2v) is 12.0. The summed E-state index contributed by atoms with van der Waals surface area (Å²) in [5.74, 6) is 0.0297. The number of aryl methyl sites for hydroxylation is 1. The highest BCUT2D eigenvalue weighted by Gasteiger charge is 2.36. The van der Waals surface area contributed by atoms with E-state index in [0.29, 0.717) is 31.2 Å². The molecule has 2 amide bonds. The molecule has 3 N–H and O–H groups in total. The Morgan fingerprint density at radius 1 is 1.12 bits per heavy atom. The van der Waals surface area contributed by atoms with Gasteiger partial charge in [0, 0.05) is 37.2 Å². The van der Waals surface area contributed by atoms with E-state index in [0.717, 1.165) is 35.7 Å². The molecule has 5 rings (SSSR count). The highest BCUT2D eigenvalue weighted by molar-refractivity contribution is 6.11. The van der Waals surface area contributed by atoms with Gasteiger partial charge in [-0.2, -0.15) is 5.10 Å². The molecule has 41 heavy (non-hydrogen) atoms. The summed E-state index contributed by atoms with van der Waals surface area (Å²) in [4.78, 5) is 38.8. The number of nitrogen functional groups attached to an aromatic ring is 1. The molecule has 2 aliphatic heterocycles. The zero-order valence-electron chi connectivity index (χ0n) is 24.7. The minimum Gasteiger partial charge on any atom is -0.444 e. The molecule has 4 heterocycles. The van der Waals surface area contributed by atoms with Crippen LogP contribution in [0.15, 0.2) is 24.7 Å². The first kappa shape index (κ1) is 28.6. The van der Waals surface area contributed by atoms with Crippen molar-refractivity contribution < 1.29 is 19.1 Å². The minimum atomic E-state index is -0.582. The normalized spacial score (nSPS) is 21.7. The first-order chi connectivity index (χ1) is 19.4. The van der Waals surface area contributed by atoms with Crippen molar-refractivity contribution in [3.8, 4) is 0 Å². The Morgan fingerprint density at radius 3 is 2.61 bits per heavy atom. The van der Waals surface area contributed by atoms with Crippen LogP contribution in [-0.2, 0) is 9.47 Å². The van der Waals surface area contributed by atoms with E-state index in [2.05, 4.69) is 20.4 Å². The number of amides is 2. The first-order valence-electron chi connectivity index (χ1n) is 14.2. The third-order valence-electron chi connectivity index (χ3n) is 7.62. The molecular formula is C29H40N8O4. The lowest BCUT2D eigenvalue weighted by Gasteiger charge is -2.44. The number of ether oxygens (including phenoxy) is 2. The Balaban J connectivity index is 1.37. The van der Waals surface area contributed by atoms with Gasteiger partial charge in [-0.1, -0.05) is 6.07 Å². The van der Waals surface area contributed by atoms with Crippen molar-refractivity contribution in [2.24, 2.45) is 0 Å². The van der Waals surface area contributed by atoms with E-state index in [4.69, 9.17) is 15.2 Å². The molecule has 3 aromatic rings. The van der Waals surface area contributed by atoms with Crippen molar-refractivity contribution >= 4 is 40.1 Å². The Bertz CT molecular complexity index is 1440. The van der Waals surface area contributed by atoms with Gasteiger partial charge in [0.25, 0.3) is 5.91 Å². The van der Waals surface area contributed by atoms with Crippen LogP contribution < -0.4 is 16.0 Å². The highest BCUT2D eigenvalue weighted by atomic mass is 16.6. The third-order valence-corrected chi connectivity index (χ3v) is 7.62. The van der Waals surface area contributed by atoms with E-state index >= 15 is 0 Å². The molecule has 3 atom stereocenters. The molecule has 220 valence electrons. The maximum atomic E-state index is 13.6. The number of nitrogens with two attached hydrogens (primary N) is 1. The first-order valence-corrected chi connectivity index (χ1v) is 14.2. The Hall–Kier alpha value is -3.93. The van der Waals surface area contributed by atoms with E-state index in [1.807, 2.05) is 63.3 Å². The van der Waals surface area contributed by atoms with Gasteiger partial charge in [0.2, 0.25) is 0 Å². The molecule has 0 bridgehead atoms. The summed E-state index contributed by atoms with van der Waals surface area (Å²) in [7, 11) is 0. The quantitative estimate of drug-likeness (QED) is 0.468. The molecular weight excluding hydrogens is 524 g/mol. The summed E-state index contributed by atoms with van der Waals surface area (Å²) in [6, 6.07) is 3.69. The minimum absolute atomic E-state index is 0.0869. The largest absolute Gasteiger partial charge is 0.444 e. The third kappa shape index (κ3) is 5.79. The van der Waals surface area contributed by atoms with Crippen LogP contribution in [0, 0.1) is 6.92 Å². The van der Waals surface area contributed by atoms with Gasteiger partial charge in [-0.05, 0) is 72.4 Å². The van der Waals surface area contributed by atoms with Gasteiger partial charge in [0.1, 0.15) is 17.6 Å². The second kappa shape index (κ2) is 11.2. The number of piperazine rings is 1. The van der Waals surface area contributed by atoms with Crippen molar-refractivity contribution in [2.75, 3.05) is 35.6 Å². The van der Waals surface area contributed by atoms with Gasteiger partial charge in [-0.3, -0.25) is 4.79 Å². The zero-order chi connectivity index (χ0) is 29.5. The number of hydrogen-bond donors (Lipinski definition) is 2. The average Bonchev–Trinajstić information content (AvgIpc) is 3.35. The molecule has 2 saturated heterocycles. The topological polar surface area (TPSA) is 141 Å². The summed E-state index contributed by atoms with van der Waals surface area (Å²) in [5.41, 5.74) is 8.67. The number of carbonyl (C=O) groups excluding carboxylic acids is 2. The predicted octanol–water partition coefficient (Wildman–Crippen LogP) is 4.50. The van der Waals surface area contributed by atoms with E-state index in [1.54, 1.807) is 11.1 Å². The molecule has 0 unspecified atom stereocenters. The molecule has 2 fully saturated rings. The Kier molecular flexibility index (Phi) is 7.78. The molecule has 12 heteroatoms. The fourth-order valence-corrected chi connectivity index (χ4v) is 5.51. The van der Waals surface area contributed by atoms with E-state index < -0.39 is 11.5 Å². The number of nitrogens with zero attached hydrogens (tertiary/aromatic N) is 6. The van der Waals surface area contributed by atoms with Gasteiger partial charge < -0.3 is 30.3 Å². The number of fused-ring (bicyclic) bond motifs is 1. The number of anilines is 3. The van der Waals surface area contributed by atoms with Crippen molar-refractivity contribution in [2.45, 2.75) is 84.7 Å². The molecule has 0 radical (unpaired) electrons. The van der Waals surface area contributed by atoms with E-state index in [9.17, 15) is 9.59 Å². The fraction of sp³-hybridized carbons (Fsp3) is 0.552. The smallest absolute Gasteiger partial charge is 0.410 e. The number of hydrogen-bond acceptors (Lipinski definition) is 9. The van der Waals surface area contributed by atoms with Gasteiger partial charge in [0.15, 0.2) is 17.7 Å². The van der Waals surface area contributed by atoms with Crippen LogP contribution >= 0.6 is 0 Å². The van der Waals surface area contributed by atoms with Crippen LogP contribution in [-0.4, -0.2) is 74.0 Å². The number of nitrogens with one attached hydrogen (secondary N) is 1. The lowest BCUT2D eigenvalue weighted by Crippen LogP contribution is -2.59. The summed E-state index contributed by atoms with van der Waals surface area (Å²) >= 11 is 0. The molecule has 2 aromatic heterocycles. The van der Waals surface area contributed by atoms with Crippen molar-refractivity contribution in [3.05, 3.63) is 35.9 Å². The maximum absolute atomic E-state index is 13.6. The fourth-order valence-electron chi connectivity index (χ4n) is 5.51. The second-order valence-electron chi connectivity index (χ2n) is 12.0. The maximum Gasteiger partial charge on any atom is 0.410 e. The van der Waals surface area contributed by atoms with Crippen LogP contribution in [0.5, 0.6) is 0 Å². The van der Waals surface area contributed by atoms with Crippen LogP contribution in [0.1, 0.15) is 76.2 Å². The van der Waals surface area contributed by atoms with Gasteiger partial charge in [-0.15, -0.1) is 0 Å². The van der Waals surface area contributed by atoms with Gasteiger partial charge in [0.05, 0.1) is 17.4 Å². The van der Waals surface area contributed by atoms with Crippen LogP contribution in [0.25, 0.3) is 10.9 Å². The summed E-state index contributed by atoms with van der Waals surface area (Å²) < 4.78 is 13.4. The number of aromatic nitrogens is 4. The van der Waals surface area contributed by atoms with Crippen LogP contribution in [0.2, 0.25) is 0 Å². The van der Waals surface area contributed by atoms with Crippen molar-refractivity contribution in [3.63, 3.8) is 0 Å². The molecule has 2 aliphatic rings. The lowest BCUT2D eigenvalue weighted by molar-refractivity contribution is -0.0366. The summed E-state index contributed by atoms with van der Waals surface area (Å²) in [6.45, 7) is 13.0. The Morgan fingerprint density at radius 2 is 1.90 bits per heavy atom. The molecule has 1 aromatic carbocycles. The standard InChI is InChI=1S/C29H40N8O4/c1-17-10-11-21-20(13-33-37(21)22-9-7-8-12-40-22)24(17)34-27(38)25-23(30)26(32-16-31-25)35-14-19(3)36(15-18(35)2)28(39)41-29(4,5)6/h10-11,13,16,18-19,22H,7-9,12,14-15,30H2,1-6H3,(H,34,38)/t18-,19-,22-/m0/s1. The van der Waals surface area contributed by atoms with Gasteiger partial charge in [-0.25, -0.2) is 19.4 Å².